The highest BCUT2D eigenvalue weighted by atomic mass is 19.1. The fourth-order valence-electron chi connectivity index (χ4n) is 2.25. The highest BCUT2D eigenvalue weighted by Gasteiger charge is 2.37. The van der Waals surface area contributed by atoms with E-state index in [1.807, 2.05) is 0 Å². The normalized spacial score (nSPS) is 19.1. The first-order valence-electron chi connectivity index (χ1n) is 6.20. The Bertz CT molecular complexity index is 521. The van der Waals surface area contributed by atoms with Gasteiger partial charge in [-0.25, -0.2) is 4.39 Å². The van der Waals surface area contributed by atoms with Gasteiger partial charge in [0.1, 0.15) is 5.82 Å². The molecule has 1 atom stereocenters. The van der Waals surface area contributed by atoms with E-state index in [0.717, 1.165) is 11.1 Å². The van der Waals surface area contributed by atoms with Crippen molar-refractivity contribution in [2.24, 2.45) is 5.92 Å². The molecule has 0 bridgehead atoms. The van der Waals surface area contributed by atoms with Gasteiger partial charge in [0, 0.05) is 13.0 Å². The average Bonchev–Trinajstić information content (AvgIpc) is 2.60. The third-order valence-corrected chi connectivity index (χ3v) is 3.16. The SMILES string of the molecule is C=C(C)CN1C(=O)C[C@H](Cc2ccc(F)cc2)C1=O. The number of likely N-dealkylation sites (tertiary alicyclic amines) is 1. The number of imide groups is 1. The Morgan fingerprint density at radius 1 is 1.37 bits per heavy atom. The largest absolute Gasteiger partial charge is 0.278 e. The summed E-state index contributed by atoms with van der Waals surface area (Å²) in [6.45, 7) is 5.79. The molecule has 0 aromatic heterocycles. The predicted molar refractivity (Wildman–Crippen MR) is 69.7 cm³/mol. The van der Waals surface area contributed by atoms with Crippen LogP contribution in [-0.4, -0.2) is 23.3 Å². The Morgan fingerprint density at radius 3 is 2.58 bits per heavy atom. The number of hydrogen-bond acceptors (Lipinski definition) is 2. The molecule has 2 amide bonds. The molecule has 1 aliphatic rings. The Labute approximate surface area is 111 Å². The zero-order valence-electron chi connectivity index (χ0n) is 10.9. The van der Waals surface area contributed by atoms with Crippen molar-refractivity contribution >= 4 is 11.8 Å². The van der Waals surface area contributed by atoms with Gasteiger partial charge in [0.25, 0.3) is 0 Å². The van der Waals surface area contributed by atoms with Crippen LogP contribution in [0.1, 0.15) is 18.9 Å². The van der Waals surface area contributed by atoms with Crippen LogP contribution < -0.4 is 0 Å². The molecule has 0 spiro atoms. The van der Waals surface area contributed by atoms with Crippen molar-refractivity contribution < 1.29 is 14.0 Å². The number of hydrogen-bond donors (Lipinski definition) is 0. The number of benzene rings is 1. The van der Waals surface area contributed by atoms with Crippen LogP contribution in [0.4, 0.5) is 4.39 Å². The standard InChI is InChI=1S/C15H16FNO2/c1-10(2)9-17-14(18)8-12(15(17)19)7-11-3-5-13(16)6-4-11/h3-6,12H,1,7-9H2,2H3/t12-/m0/s1. The fourth-order valence-corrected chi connectivity index (χ4v) is 2.25. The molecule has 1 fully saturated rings. The van der Waals surface area contributed by atoms with Crippen LogP contribution in [0.25, 0.3) is 0 Å². The summed E-state index contributed by atoms with van der Waals surface area (Å²) < 4.78 is 12.8. The van der Waals surface area contributed by atoms with Gasteiger partial charge in [0.15, 0.2) is 0 Å². The molecule has 0 radical (unpaired) electrons. The van der Waals surface area contributed by atoms with Crippen LogP contribution >= 0.6 is 0 Å². The second kappa shape index (κ2) is 5.34. The van der Waals surface area contributed by atoms with Crippen LogP contribution in [0.15, 0.2) is 36.4 Å². The Kier molecular flexibility index (Phi) is 3.79. The summed E-state index contributed by atoms with van der Waals surface area (Å²) in [4.78, 5) is 25.2. The van der Waals surface area contributed by atoms with Crippen molar-refractivity contribution in [1.82, 2.24) is 4.90 Å². The Hall–Kier alpha value is -1.97. The number of rotatable bonds is 4. The van der Waals surface area contributed by atoms with E-state index in [0.29, 0.717) is 6.42 Å². The van der Waals surface area contributed by atoms with Gasteiger partial charge in [-0.05, 0) is 31.0 Å². The summed E-state index contributed by atoms with van der Waals surface area (Å²) in [6.07, 6.45) is 0.695. The number of carbonyl (C=O) groups is 2. The minimum atomic E-state index is -0.336. The number of amides is 2. The molecular weight excluding hydrogens is 245 g/mol. The Balaban J connectivity index is 2.06. The lowest BCUT2D eigenvalue weighted by atomic mass is 9.98. The summed E-state index contributed by atoms with van der Waals surface area (Å²) in [5, 5.41) is 0. The lowest BCUT2D eigenvalue weighted by Crippen LogP contribution is -2.32. The van der Waals surface area contributed by atoms with Crippen LogP contribution in [0.5, 0.6) is 0 Å². The molecule has 0 N–H and O–H groups in total. The number of carbonyl (C=O) groups excluding carboxylic acids is 2. The lowest BCUT2D eigenvalue weighted by molar-refractivity contribution is -0.138. The molecule has 2 rings (SSSR count). The van der Waals surface area contributed by atoms with Gasteiger partial charge in [-0.15, -0.1) is 0 Å². The van der Waals surface area contributed by atoms with Crippen molar-refractivity contribution in [2.45, 2.75) is 19.8 Å². The molecule has 0 aliphatic carbocycles. The molecular formula is C15H16FNO2. The molecule has 0 unspecified atom stereocenters. The van der Waals surface area contributed by atoms with E-state index in [1.54, 1.807) is 19.1 Å². The van der Waals surface area contributed by atoms with E-state index in [4.69, 9.17) is 0 Å². The molecule has 3 nitrogen and oxygen atoms in total. The highest BCUT2D eigenvalue weighted by molar-refractivity contribution is 6.03. The molecule has 0 saturated carbocycles. The monoisotopic (exact) mass is 261 g/mol. The van der Waals surface area contributed by atoms with Crippen molar-refractivity contribution in [3.05, 3.63) is 47.8 Å². The number of halogens is 1. The quantitative estimate of drug-likeness (QED) is 0.616. The second-order valence-corrected chi connectivity index (χ2v) is 5.01. The van der Waals surface area contributed by atoms with Gasteiger partial charge in [-0.3, -0.25) is 14.5 Å². The maximum atomic E-state index is 12.8. The summed E-state index contributed by atoms with van der Waals surface area (Å²) in [5.74, 6) is -0.948. The van der Waals surface area contributed by atoms with E-state index in [-0.39, 0.29) is 36.5 Å². The molecule has 4 heteroatoms. The third kappa shape index (κ3) is 3.08. The van der Waals surface area contributed by atoms with Crippen LogP contribution in [0, 0.1) is 11.7 Å². The first-order valence-corrected chi connectivity index (χ1v) is 6.20. The van der Waals surface area contributed by atoms with E-state index in [9.17, 15) is 14.0 Å². The molecule has 1 aliphatic heterocycles. The molecule has 1 saturated heterocycles. The van der Waals surface area contributed by atoms with Crippen LogP contribution in [0.3, 0.4) is 0 Å². The van der Waals surface area contributed by atoms with E-state index >= 15 is 0 Å². The topological polar surface area (TPSA) is 37.4 Å². The zero-order valence-corrected chi connectivity index (χ0v) is 10.9. The van der Waals surface area contributed by atoms with Crippen molar-refractivity contribution in [2.75, 3.05) is 6.54 Å². The maximum Gasteiger partial charge on any atom is 0.233 e. The van der Waals surface area contributed by atoms with Crippen LogP contribution in [-0.2, 0) is 16.0 Å². The third-order valence-electron chi connectivity index (χ3n) is 3.16. The smallest absolute Gasteiger partial charge is 0.233 e. The maximum absolute atomic E-state index is 12.8. The molecule has 1 heterocycles. The molecule has 100 valence electrons. The second-order valence-electron chi connectivity index (χ2n) is 5.01. The van der Waals surface area contributed by atoms with Gasteiger partial charge < -0.3 is 0 Å². The lowest BCUT2D eigenvalue weighted by Gasteiger charge is -2.14. The predicted octanol–water partition coefficient (Wildman–Crippen LogP) is 2.32. The average molecular weight is 261 g/mol. The van der Waals surface area contributed by atoms with E-state index in [1.165, 1.54) is 17.0 Å². The number of nitrogens with zero attached hydrogens (tertiary/aromatic N) is 1. The fraction of sp³-hybridized carbons (Fsp3) is 0.333. The van der Waals surface area contributed by atoms with Crippen molar-refractivity contribution in [3.63, 3.8) is 0 Å². The van der Waals surface area contributed by atoms with Gasteiger partial charge in [0.05, 0.1) is 5.92 Å². The minimum Gasteiger partial charge on any atom is -0.278 e. The highest BCUT2D eigenvalue weighted by Crippen LogP contribution is 2.24. The first-order chi connectivity index (χ1) is 8.97. The summed E-state index contributed by atoms with van der Waals surface area (Å²) in [6, 6.07) is 6.02. The van der Waals surface area contributed by atoms with Crippen LogP contribution in [0.2, 0.25) is 0 Å². The van der Waals surface area contributed by atoms with Gasteiger partial charge >= 0.3 is 0 Å². The zero-order chi connectivity index (χ0) is 14.0. The summed E-state index contributed by atoms with van der Waals surface area (Å²) in [7, 11) is 0. The van der Waals surface area contributed by atoms with Gasteiger partial charge in [-0.1, -0.05) is 24.3 Å². The first kappa shape index (κ1) is 13.5. The summed E-state index contributed by atoms with van der Waals surface area (Å²) in [5.41, 5.74) is 1.65. The van der Waals surface area contributed by atoms with Crippen molar-refractivity contribution in [1.29, 1.82) is 0 Å². The molecule has 1 aromatic carbocycles. The van der Waals surface area contributed by atoms with E-state index < -0.39 is 0 Å². The summed E-state index contributed by atoms with van der Waals surface area (Å²) >= 11 is 0. The van der Waals surface area contributed by atoms with Gasteiger partial charge in [-0.2, -0.15) is 0 Å². The minimum absolute atomic E-state index is 0.153. The molecule has 1 aromatic rings. The van der Waals surface area contributed by atoms with Crippen molar-refractivity contribution in [3.8, 4) is 0 Å². The van der Waals surface area contributed by atoms with E-state index in [2.05, 4.69) is 6.58 Å². The molecule has 19 heavy (non-hydrogen) atoms. The Morgan fingerprint density at radius 2 is 2.00 bits per heavy atom. The van der Waals surface area contributed by atoms with Gasteiger partial charge in [0.2, 0.25) is 11.8 Å².